The lowest BCUT2D eigenvalue weighted by atomic mass is 10.3. The quantitative estimate of drug-likeness (QED) is 0.735. The molecule has 0 radical (unpaired) electrons. The molecule has 156 valence electrons. The third-order valence-corrected chi connectivity index (χ3v) is 5.97. The summed E-state index contributed by atoms with van der Waals surface area (Å²) in [7, 11) is 0. The number of rotatable bonds is 7. The average Bonchev–Trinajstić information content (AvgIpc) is 3.18. The molecule has 1 saturated heterocycles. The Morgan fingerprint density at radius 3 is 2.90 bits per heavy atom. The van der Waals surface area contributed by atoms with E-state index in [1.54, 1.807) is 11.3 Å². The number of anilines is 1. The van der Waals surface area contributed by atoms with Gasteiger partial charge in [-0.1, -0.05) is 11.3 Å². The summed E-state index contributed by atoms with van der Waals surface area (Å²) in [6.45, 7) is 8.69. The molecule has 9 heteroatoms. The Kier molecular flexibility index (Phi) is 6.36. The van der Waals surface area contributed by atoms with E-state index in [1.807, 2.05) is 19.1 Å². The topological polar surface area (TPSA) is 76.2 Å². The number of carbonyl (C=O) groups is 1. The predicted octanol–water partition coefficient (Wildman–Crippen LogP) is 1.82. The molecule has 1 fully saturated rings. The minimum Gasteiger partial charge on any atom is -0.494 e. The van der Waals surface area contributed by atoms with E-state index in [9.17, 15) is 4.79 Å². The maximum Gasteiger partial charge on any atom is 0.289 e. The molecule has 1 amide bonds. The van der Waals surface area contributed by atoms with E-state index < -0.39 is 0 Å². The van der Waals surface area contributed by atoms with Gasteiger partial charge in [0, 0.05) is 39.3 Å². The fraction of sp³-hybridized carbons (Fsp3) is 0.500. The molecule has 0 aliphatic carbocycles. The highest BCUT2D eigenvalue weighted by molar-refractivity contribution is 7.22. The minimum absolute atomic E-state index is 0.218. The molecule has 2 aromatic rings. The summed E-state index contributed by atoms with van der Waals surface area (Å²) in [5.41, 5.74) is 1.02. The third-order valence-electron chi connectivity index (χ3n) is 4.89. The van der Waals surface area contributed by atoms with Crippen LogP contribution in [0.15, 0.2) is 30.2 Å². The maximum atomic E-state index is 12.0. The van der Waals surface area contributed by atoms with Gasteiger partial charge in [-0.2, -0.15) is 0 Å². The molecular weight excluding hydrogens is 392 g/mol. The van der Waals surface area contributed by atoms with Crippen molar-refractivity contribution in [3.05, 3.63) is 30.2 Å². The van der Waals surface area contributed by atoms with Crippen LogP contribution in [0.3, 0.4) is 0 Å². The van der Waals surface area contributed by atoms with Crippen molar-refractivity contribution in [3.63, 3.8) is 0 Å². The molecule has 8 nitrogen and oxygen atoms in total. The van der Waals surface area contributed by atoms with Crippen LogP contribution >= 0.6 is 11.3 Å². The van der Waals surface area contributed by atoms with Crippen LogP contribution in [0, 0.1) is 0 Å². The molecule has 2 aliphatic rings. The normalized spacial score (nSPS) is 17.4. The first kappa shape index (κ1) is 19.8. The van der Waals surface area contributed by atoms with E-state index in [0.717, 1.165) is 53.8 Å². The van der Waals surface area contributed by atoms with Crippen LogP contribution in [-0.2, 0) is 14.3 Å². The Morgan fingerprint density at radius 2 is 2.14 bits per heavy atom. The number of amides is 1. The summed E-state index contributed by atoms with van der Waals surface area (Å²) in [5, 5.41) is 3.94. The Hall–Kier alpha value is -2.52. The van der Waals surface area contributed by atoms with Crippen LogP contribution in [0.5, 0.6) is 5.75 Å². The zero-order valence-corrected chi connectivity index (χ0v) is 17.4. The van der Waals surface area contributed by atoms with E-state index in [-0.39, 0.29) is 11.7 Å². The highest BCUT2D eigenvalue weighted by Crippen LogP contribution is 2.31. The number of carbonyl (C=O) groups excluding carboxylic acids is 1. The van der Waals surface area contributed by atoms with Gasteiger partial charge in [-0.25, -0.2) is 4.98 Å². The largest absolute Gasteiger partial charge is 0.494 e. The molecule has 1 N–H and O–H groups in total. The fourth-order valence-electron chi connectivity index (χ4n) is 3.35. The van der Waals surface area contributed by atoms with Gasteiger partial charge in [0.1, 0.15) is 25.2 Å². The van der Waals surface area contributed by atoms with Crippen molar-refractivity contribution in [2.24, 2.45) is 0 Å². The lowest BCUT2D eigenvalue weighted by Gasteiger charge is -2.34. The maximum absolute atomic E-state index is 12.0. The lowest BCUT2D eigenvalue weighted by molar-refractivity contribution is -0.122. The van der Waals surface area contributed by atoms with Gasteiger partial charge < -0.3 is 24.4 Å². The van der Waals surface area contributed by atoms with Gasteiger partial charge in [-0.05, 0) is 25.1 Å². The Morgan fingerprint density at radius 1 is 1.28 bits per heavy atom. The average molecular weight is 419 g/mol. The molecule has 1 aromatic heterocycles. The summed E-state index contributed by atoms with van der Waals surface area (Å²) >= 11 is 1.71. The number of ether oxygens (including phenoxy) is 3. The minimum atomic E-state index is -0.218. The van der Waals surface area contributed by atoms with Crippen LogP contribution < -0.4 is 15.0 Å². The molecule has 1 aromatic carbocycles. The summed E-state index contributed by atoms with van der Waals surface area (Å²) in [6.07, 6.45) is 1.38. The standard InChI is InChI=1S/C20H26N4O4S/c1-2-27-15-3-4-16-18(13-15)29-20(22-16)24-9-7-23(8-10-24)6-5-21-19(25)17-14-26-11-12-28-17/h3-4,13-14H,2,5-12H2,1H3,(H,21,25). The molecule has 0 unspecified atom stereocenters. The van der Waals surface area contributed by atoms with E-state index >= 15 is 0 Å². The van der Waals surface area contributed by atoms with Gasteiger partial charge in [-0.15, -0.1) is 0 Å². The van der Waals surface area contributed by atoms with Crippen LogP contribution in [0.4, 0.5) is 5.13 Å². The second kappa shape index (κ2) is 9.32. The van der Waals surface area contributed by atoms with Crippen LogP contribution in [-0.4, -0.2) is 74.9 Å². The monoisotopic (exact) mass is 418 g/mol. The zero-order valence-electron chi connectivity index (χ0n) is 16.6. The van der Waals surface area contributed by atoms with Crippen molar-refractivity contribution < 1.29 is 19.0 Å². The highest BCUT2D eigenvalue weighted by Gasteiger charge is 2.20. The molecule has 0 saturated carbocycles. The Balaban J connectivity index is 1.24. The van der Waals surface area contributed by atoms with Crippen molar-refractivity contribution in [2.75, 3.05) is 64.0 Å². The molecular formula is C20H26N4O4S. The first-order valence-electron chi connectivity index (χ1n) is 9.96. The van der Waals surface area contributed by atoms with Gasteiger partial charge >= 0.3 is 0 Å². The van der Waals surface area contributed by atoms with Crippen molar-refractivity contribution in [3.8, 4) is 5.75 Å². The van der Waals surface area contributed by atoms with E-state index in [4.69, 9.17) is 19.2 Å². The summed E-state index contributed by atoms with van der Waals surface area (Å²) < 4.78 is 17.1. The second-order valence-electron chi connectivity index (χ2n) is 6.84. The SMILES string of the molecule is CCOc1ccc2nc(N3CCN(CCNC(=O)C4=COCCO4)CC3)sc2c1. The first-order chi connectivity index (χ1) is 14.2. The fourth-order valence-corrected chi connectivity index (χ4v) is 4.40. The van der Waals surface area contributed by atoms with Gasteiger partial charge in [0.25, 0.3) is 5.91 Å². The van der Waals surface area contributed by atoms with Crippen molar-refractivity contribution >= 4 is 32.6 Å². The van der Waals surface area contributed by atoms with Gasteiger partial charge in [0.15, 0.2) is 5.13 Å². The number of aromatic nitrogens is 1. The molecule has 4 rings (SSSR count). The van der Waals surface area contributed by atoms with Crippen LogP contribution in [0.1, 0.15) is 6.92 Å². The van der Waals surface area contributed by atoms with Crippen LogP contribution in [0.25, 0.3) is 10.2 Å². The third kappa shape index (κ3) is 4.91. The van der Waals surface area contributed by atoms with Gasteiger partial charge in [-0.3, -0.25) is 9.69 Å². The molecule has 29 heavy (non-hydrogen) atoms. The second-order valence-corrected chi connectivity index (χ2v) is 7.85. The molecule has 2 aliphatic heterocycles. The predicted molar refractivity (Wildman–Crippen MR) is 112 cm³/mol. The summed E-state index contributed by atoms with van der Waals surface area (Å²) in [6, 6.07) is 6.06. The number of benzene rings is 1. The molecule has 0 spiro atoms. The number of hydrogen-bond donors (Lipinski definition) is 1. The number of nitrogens with zero attached hydrogens (tertiary/aromatic N) is 3. The zero-order chi connectivity index (χ0) is 20.1. The number of piperazine rings is 1. The molecule has 3 heterocycles. The van der Waals surface area contributed by atoms with Crippen molar-refractivity contribution in [1.29, 1.82) is 0 Å². The highest BCUT2D eigenvalue weighted by atomic mass is 32.1. The smallest absolute Gasteiger partial charge is 0.289 e. The number of hydrogen-bond acceptors (Lipinski definition) is 8. The van der Waals surface area contributed by atoms with Crippen LogP contribution in [0.2, 0.25) is 0 Å². The summed E-state index contributed by atoms with van der Waals surface area (Å²) in [5.74, 6) is 0.927. The Bertz CT molecular complexity index is 876. The summed E-state index contributed by atoms with van der Waals surface area (Å²) in [4.78, 5) is 21.5. The Labute approximate surface area is 174 Å². The van der Waals surface area contributed by atoms with E-state index in [2.05, 4.69) is 21.2 Å². The van der Waals surface area contributed by atoms with Crippen molar-refractivity contribution in [1.82, 2.24) is 15.2 Å². The number of thiazole rings is 1. The lowest BCUT2D eigenvalue weighted by Crippen LogP contribution is -2.48. The number of nitrogens with one attached hydrogen (secondary N) is 1. The number of fused-ring (bicyclic) bond motifs is 1. The van der Waals surface area contributed by atoms with E-state index in [1.165, 1.54) is 6.26 Å². The van der Waals surface area contributed by atoms with Gasteiger partial charge in [0.05, 0.1) is 16.8 Å². The first-order valence-corrected chi connectivity index (χ1v) is 10.8. The van der Waals surface area contributed by atoms with Gasteiger partial charge in [0.2, 0.25) is 5.76 Å². The molecule has 0 bridgehead atoms. The molecule has 0 atom stereocenters. The van der Waals surface area contributed by atoms with E-state index in [0.29, 0.717) is 26.4 Å². The van der Waals surface area contributed by atoms with Crippen molar-refractivity contribution in [2.45, 2.75) is 6.92 Å².